The van der Waals surface area contributed by atoms with E-state index in [0.717, 1.165) is 0 Å². The largest absolute Gasteiger partial charge is 0.480 e. The van der Waals surface area contributed by atoms with Crippen molar-refractivity contribution in [2.75, 3.05) is 6.54 Å². The molecule has 0 saturated heterocycles. The maximum Gasteiger partial charge on any atom is 0.325 e. The lowest BCUT2D eigenvalue weighted by Crippen LogP contribution is -2.54. The van der Waals surface area contributed by atoms with Crippen LogP contribution in [0.3, 0.4) is 0 Å². The van der Waals surface area contributed by atoms with Crippen LogP contribution in [-0.4, -0.2) is 59.4 Å². The van der Waals surface area contributed by atoms with Gasteiger partial charge < -0.3 is 32.5 Å². The first kappa shape index (κ1) is 22.3. The summed E-state index contributed by atoms with van der Waals surface area (Å²) in [4.78, 5) is 57.3. The lowest BCUT2D eigenvalue weighted by molar-refractivity contribution is -0.141. The number of primary amides is 1. The first-order chi connectivity index (χ1) is 11.5. The molecule has 142 valence electrons. The number of hydrogen-bond acceptors (Lipinski definition) is 6. The minimum Gasteiger partial charge on any atom is -0.480 e. The summed E-state index contributed by atoms with van der Waals surface area (Å²) in [5.74, 6) is -4.46. The number of carboxylic acid groups (broad SMARTS) is 1. The zero-order valence-corrected chi connectivity index (χ0v) is 14.4. The molecule has 0 aromatic rings. The number of rotatable bonds is 10. The number of nitrogens with one attached hydrogen (secondary N) is 3. The van der Waals surface area contributed by atoms with Gasteiger partial charge in [0, 0.05) is 0 Å². The van der Waals surface area contributed by atoms with Crippen LogP contribution >= 0.6 is 0 Å². The Balaban J connectivity index is 4.72. The summed E-state index contributed by atoms with van der Waals surface area (Å²) in [6.07, 6.45) is -0.524. The zero-order chi connectivity index (χ0) is 19.7. The fraction of sp³-hybridized carbons (Fsp3) is 0.643. The Labute approximate surface area is 144 Å². The van der Waals surface area contributed by atoms with Crippen molar-refractivity contribution in [1.82, 2.24) is 16.0 Å². The lowest BCUT2D eigenvalue weighted by Gasteiger charge is -2.19. The highest BCUT2D eigenvalue weighted by atomic mass is 16.4. The van der Waals surface area contributed by atoms with Crippen molar-refractivity contribution in [3.05, 3.63) is 0 Å². The van der Waals surface area contributed by atoms with Crippen LogP contribution in [0, 0.1) is 5.92 Å². The van der Waals surface area contributed by atoms with Gasteiger partial charge >= 0.3 is 5.97 Å². The summed E-state index contributed by atoms with van der Waals surface area (Å²) in [6, 6.07) is -3.38. The number of carbonyl (C=O) groups excluding carboxylic acids is 4. The Morgan fingerprint density at radius 2 is 1.56 bits per heavy atom. The van der Waals surface area contributed by atoms with Gasteiger partial charge in [0.05, 0.1) is 19.0 Å². The van der Waals surface area contributed by atoms with E-state index in [2.05, 4.69) is 16.0 Å². The quantitative estimate of drug-likeness (QED) is 0.239. The normalized spacial score (nSPS) is 14.1. The molecule has 0 heterocycles. The van der Waals surface area contributed by atoms with Crippen molar-refractivity contribution in [2.24, 2.45) is 17.4 Å². The second-order valence-electron chi connectivity index (χ2n) is 5.85. The molecule has 0 aromatic heterocycles. The number of nitrogens with two attached hydrogens (primary N) is 2. The third-order valence-corrected chi connectivity index (χ3v) is 3.23. The van der Waals surface area contributed by atoms with Gasteiger partial charge in [0.25, 0.3) is 0 Å². The summed E-state index contributed by atoms with van der Waals surface area (Å²) in [5, 5.41) is 15.4. The molecule has 0 aliphatic rings. The van der Waals surface area contributed by atoms with Gasteiger partial charge in [-0.3, -0.25) is 24.0 Å². The fourth-order valence-electron chi connectivity index (χ4n) is 1.62. The molecule has 0 saturated carbocycles. The minimum absolute atomic E-state index is 0.131. The Kier molecular flexibility index (Phi) is 9.13. The van der Waals surface area contributed by atoms with Crippen LogP contribution in [0.5, 0.6) is 0 Å². The molecule has 0 bridgehead atoms. The molecule has 0 aliphatic carbocycles. The van der Waals surface area contributed by atoms with Crippen LogP contribution in [0.2, 0.25) is 0 Å². The first-order valence-corrected chi connectivity index (χ1v) is 7.59. The Morgan fingerprint density at radius 3 is 2.00 bits per heavy atom. The zero-order valence-electron chi connectivity index (χ0n) is 14.4. The van der Waals surface area contributed by atoms with Crippen LogP contribution in [0.4, 0.5) is 0 Å². The topological polar surface area (TPSA) is 194 Å². The van der Waals surface area contributed by atoms with E-state index in [1.54, 1.807) is 13.8 Å². The summed E-state index contributed by atoms with van der Waals surface area (Å²) in [7, 11) is 0. The van der Waals surface area contributed by atoms with E-state index in [1.165, 1.54) is 6.92 Å². The standard InChI is InChI=1S/C14H25N5O6/c1-6(2)11(16)13(23)17-5-10(21)19-8(4-9(15)20)12(22)18-7(3)14(24)25/h6-8,11H,4-5,16H2,1-3H3,(H2,15,20)(H,17,23)(H,18,22)(H,19,21)(H,24,25). The van der Waals surface area contributed by atoms with Gasteiger partial charge in [0.1, 0.15) is 12.1 Å². The van der Waals surface area contributed by atoms with E-state index in [1.807, 2.05) is 0 Å². The van der Waals surface area contributed by atoms with Crippen LogP contribution in [0.15, 0.2) is 0 Å². The molecular weight excluding hydrogens is 334 g/mol. The van der Waals surface area contributed by atoms with E-state index < -0.39 is 60.7 Å². The van der Waals surface area contributed by atoms with Crippen molar-refractivity contribution < 1.29 is 29.1 Å². The van der Waals surface area contributed by atoms with Crippen molar-refractivity contribution in [1.29, 1.82) is 0 Å². The number of amides is 4. The van der Waals surface area contributed by atoms with Crippen LogP contribution in [0.25, 0.3) is 0 Å². The maximum absolute atomic E-state index is 12.0. The van der Waals surface area contributed by atoms with Gasteiger partial charge in [-0.2, -0.15) is 0 Å². The highest BCUT2D eigenvalue weighted by Crippen LogP contribution is 1.98. The van der Waals surface area contributed by atoms with E-state index in [-0.39, 0.29) is 5.92 Å². The first-order valence-electron chi connectivity index (χ1n) is 7.59. The molecule has 25 heavy (non-hydrogen) atoms. The van der Waals surface area contributed by atoms with Crippen molar-refractivity contribution in [3.63, 3.8) is 0 Å². The molecule has 4 amide bonds. The van der Waals surface area contributed by atoms with Crippen LogP contribution < -0.4 is 27.4 Å². The fourth-order valence-corrected chi connectivity index (χ4v) is 1.62. The Hall–Kier alpha value is -2.69. The highest BCUT2D eigenvalue weighted by Gasteiger charge is 2.26. The number of hydrogen-bond donors (Lipinski definition) is 6. The van der Waals surface area contributed by atoms with Gasteiger partial charge in [0.15, 0.2) is 0 Å². The summed E-state index contributed by atoms with van der Waals surface area (Å²) >= 11 is 0. The second kappa shape index (κ2) is 10.2. The van der Waals surface area contributed by atoms with E-state index in [9.17, 15) is 24.0 Å². The van der Waals surface area contributed by atoms with E-state index in [0.29, 0.717) is 0 Å². The average Bonchev–Trinajstić information content (AvgIpc) is 2.50. The molecule has 0 spiro atoms. The monoisotopic (exact) mass is 359 g/mol. The molecule has 8 N–H and O–H groups in total. The number of aliphatic carboxylic acids is 1. The number of carboxylic acids is 1. The van der Waals surface area contributed by atoms with Crippen LogP contribution in [-0.2, 0) is 24.0 Å². The van der Waals surface area contributed by atoms with Gasteiger partial charge in [-0.25, -0.2) is 0 Å². The average molecular weight is 359 g/mol. The van der Waals surface area contributed by atoms with Crippen LogP contribution in [0.1, 0.15) is 27.2 Å². The lowest BCUT2D eigenvalue weighted by atomic mass is 10.1. The highest BCUT2D eigenvalue weighted by molar-refractivity contribution is 5.94. The summed E-state index contributed by atoms with van der Waals surface area (Å²) in [5.41, 5.74) is 10.6. The third-order valence-electron chi connectivity index (χ3n) is 3.23. The maximum atomic E-state index is 12.0. The molecular formula is C14H25N5O6. The molecule has 0 aromatic carbocycles. The van der Waals surface area contributed by atoms with Gasteiger partial charge in [-0.1, -0.05) is 13.8 Å². The molecule has 0 radical (unpaired) electrons. The predicted molar refractivity (Wildman–Crippen MR) is 86.8 cm³/mol. The SMILES string of the molecule is CC(NC(=O)C(CC(N)=O)NC(=O)CNC(=O)C(N)C(C)C)C(=O)O. The molecule has 0 fully saturated rings. The summed E-state index contributed by atoms with van der Waals surface area (Å²) in [6.45, 7) is 4.23. The van der Waals surface area contributed by atoms with E-state index >= 15 is 0 Å². The molecule has 3 unspecified atom stereocenters. The predicted octanol–water partition coefficient (Wildman–Crippen LogP) is -2.96. The molecule has 0 rings (SSSR count). The molecule has 11 nitrogen and oxygen atoms in total. The molecule has 3 atom stereocenters. The van der Waals surface area contributed by atoms with Crippen molar-refractivity contribution in [2.45, 2.75) is 45.3 Å². The smallest absolute Gasteiger partial charge is 0.325 e. The third kappa shape index (κ3) is 8.65. The van der Waals surface area contributed by atoms with Crippen molar-refractivity contribution >= 4 is 29.6 Å². The minimum atomic E-state index is -1.36. The Morgan fingerprint density at radius 1 is 1.00 bits per heavy atom. The Bertz CT molecular complexity index is 536. The van der Waals surface area contributed by atoms with E-state index in [4.69, 9.17) is 16.6 Å². The van der Waals surface area contributed by atoms with Crippen molar-refractivity contribution in [3.8, 4) is 0 Å². The van der Waals surface area contributed by atoms with Gasteiger partial charge in [-0.05, 0) is 12.8 Å². The molecule has 0 aliphatic heterocycles. The molecule has 11 heteroatoms. The van der Waals surface area contributed by atoms with Gasteiger partial charge in [-0.15, -0.1) is 0 Å². The number of carbonyl (C=O) groups is 5. The summed E-state index contributed by atoms with van der Waals surface area (Å²) < 4.78 is 0. The van der Waals surface area contributed by atoms with Gasteiger partial charge in [0.2, 0.25) is 23.6 Å². The second-order valence-corrected chi connectivity index (χ2v) is 5.85.